The Balaban J connectivity index is 1.52. The molecule has 0 radical (unpaired) electrons. The zero-order valence-electron chi connectivity index (χ0n) is 12.1. The predicted octanol–water partition coefficient (Wildman–Crippen LogP) is 2.52. The summed E-state index contributed by atoms with van der Waals surface area (Å²) in [4.78, 5) is 18.3. The zero-order chi connectivity index (χ0) is 14.7. The number of hydrogen-bond donors (Lipinski definition) is 0. The van der Waals surface area contributed by atoms with Crippen LogP contribution in [0, 0.1) is 5.92 Å². The van der Waals surface area contributed by atoms with Gasteiger partial charge in [0.1, 0.15) is 0 Å². The molecule has 1 fully saturated rings. The number of rotatable bonds is 4. The van der Waals surface area contributed by atoms with Gasteiger partial charge in [-0.1, -0.05) is 12.1 Å². The van der Waals surface area contributed by atoms with Gasteiger partial charge < -0.3 is 13.8 Å². The lowest BCUT2D eigenvalue weighted by Gasteiger charge is -2.30. The van der Waals surface area contributed by atoms with Crippen molar-refractivity contribution >= 4 is 5.91 Å². The summed E-state index contributed by atoms with van der Waals surface area (Å²) >= 11 is 0. The number of carbonyl (C=O) groups is 1. The summed E-state index contributed by atoms with van der Waals surface area (Å²) in [6.07, 6.45) is 4.63. The first-order valence-corrected chi connectivity index (χ1v) is 7.36. The molecule has 0 atom stereocenters. The van der Waals surface area contributed by atoms with Gasteiger partial charge in [0.2, 0.25) is 17.6 Å². The van der Waals surface area contributed by atoms with Crippen molar-refractivity contribution in [3.05, 3.63) is 24.3 Å². The number of furan rings is 1. The third-order valence-electron chi connectivity index (χ3n) is 3.90. The van der Waals surface area contributed by atoms with E-state index in [0.717, 1.165) is 31.8 Å². The van der Waals surface area contributed by atoms with Crippen LogP contribution in [0.5, 0.6) is 0 Å². The number of amides is 1. The summed E-state index contributed by atoms with van der Waals surface area (Å²) in [6, 6.07) is 3.54. The minimum Gasteiger partial charge on any atom is -0.461 e. The Morgan fingerprint density at radius 1 is 1.43 bits per heavy atom. The molecule has 2 aromatic heterocycles. The molecule has 0 saturated carbocycles. The minimum absolute atomic E-state index is 0.166. The highest BCUT2D eigenvalue weighted by Gasteiger charge is 2.21. The van der Waals surface area contributed by atoms with Gasteiger partial charge in [0.25, 0.3) is 0 Å². The lowest BCUT2D eigenvalue weighted by atomic mass is 9.99. The van der Waals surface area contributed by atoms with Crippen molar-refractivity contribution < 1.29 is 13.7 Å². The molecule has 1 aliphatic rings. The fourth-order valence-electron chi connectivity index (χ4n) is 2.49. The molecule has 0 spiro atoms. The van der Waals surface area contributed by atoms with E-state index in [4.69, 9.17) is 8.94 Å². The summed E-state index contributed by atoms with van der Waals surface area (Å²) in [7, 11) is 0. The second kappa shape index (κ2) is 6.11. The van der Waals surface area contributed by atoms with E-state index in [-0.39, 0.29) is 5.91 Å². The van der Waals surface area contributed by atoms with Crippen LogP contribution in [0.3, 0.4) is 0 Å². The van der Waals surface area contributed by atoms with Crippen molar-refractivity contribution in [2.24, 2.45) is 5.92 Å². The Labute approximate surface area is 123 Å². The van der Waals surface area contributed by atoms with Gasteiger partial charge in [-0.15, -0.1) is 0 Å². The largest absolute Gasteiger partial charge is 0.461 e. The first-order chi connectivity index (χ1) is 10.2. The van der Waals surface area contributed by atoms with Crippen molar-refractivity contribution in [1.82, 2.24) is 15.0 Å². The quantitative estimate of drug-likeness (QED) is 0.864. The van der Waals surface area contributed by atoms with E-state index in [1.165, 1.54) is 0 Å². The maximum absolute atomic E-state index is 12.1. The first kappa shape index (κ1) is 13.9. The van der Waals surface area contributed by atoms with E-state index >= 15 is 0 Å². The molecular weight excluding hydrogens is 270 g/mol. The molecule has 1 amide bonds. The van der Waals surface area contributed by atoms with Crippen LogP contribution in [0.25, 0.3) is 11.6 Å². The molecule has 6 heteroatoms. The number of aromatic nitrogens is 2. The lowest BCUT2D eigenvalue weighted by molar-refractivity contribution is -0.132. The number of hydrogen-bond acceptors (Lipinski definition) is 5. The van der Waals surface area contributed by atoms with Gasteiger partial charge in [0.05, 0.1) is 6.26 Å². The molecule has 0 N–H and O–H groups in total. The number of aryl methyl sites for hydroxylation is 1. The summed E-state index contributed by atoms with van der Waals surface area (Å²) in [5.74, 6) is 2.36. The zero-order valence-corrected chi connectivity index (χ0v) is 12.1. The highest BCUT2D eigenvalue weighted by molar-refractivity contribution is 5.76. The van der Waals surface area contributed by atoms with Gasteiger partial charge in [0, 0.05) is 25.9 Å². The van der Waals surface area contributed by atoms with Gasteiger partial charge in [0.15, 0.2) is 5.76 Å². The highest BCUT2D eigenvalue weighted by Crippen LogP contribution is 2.18. The van der Waals surface area contributed by atoms with Crippen molar-refractivity contribution in [3.8, 4) is 11.6 Å². The van der Waals surface area contributed by atoms with Crippen LogP contribution in [0.2, 0.25) is 0 Å². The first-order valence-electron chi connectivity index (χ1n) is 7.36. The second-order valence-corrected chi connectivity index (χ2v) is 5.55. The van der Waals surface area contributed by atoms with E-state index in [9.17, 15) is 4.79 Å². The summed E-state index contributed by atoms with van der Waals surface area (Å²) in [5, 5.41) is 3.85. The Hall–Kier alpha value is -2.11. The Kier molecular flexibility index (Phi) is 4.03. The van der Waals surface area contributed by atoms with E-state index in [0.29, 0.717) is 30.3 Å². The third-order valence-corrected chi connectivity index (χ3v) is 3.90. The van der Waals surface area contributed by atoms with E-state index in [1.807, 2.05) is 4.90 Å². The molecule has 0 bridgehead atoms. The van der Waals surface area contributed by atoms with Crippen molar-refractivity contribution in [2.75, 3.05) is 13.1 Å². The molecule has 1 saturated heterocycles. The van der Waals surface area contributed by atoms with Crippen LogP contribution in [0.15, 0.2) is 27.3 Å². The maximum atomic E-state index is 12.1. The second-order valence-electron chi connectivity index (χ2n) is 5.55. The van der Waals surface area contributed by atoms with Crippen LogP contribution in [0.1, 0.15) is 32.1 Å². The molecule has 3 rings (SSSR count). The highest BCUT2D eigenvalue weighted by atomic mass is 16.5. The molecule has 6 nitrogen and oxygen atoms in total. The normalized spacial score (nSPS) is 16.3. The summed E-state index contributed by atoms with van der Waals surface area (Å²) in [5.41, 5.74) is 0. The molecule has 0 aliphatic carbocycles. The van der Waals surface area contributed by atoms with Gasteiger partial charge in [-0.3, -0.25) is 4.79 Å². The summed E-state index contributed by atoms with van der Waals surface area (Å²) < 4.78 is 10.4. The van der Waals surface area contributed by atoms with Gasteiger partial charge in [-0.05, 0) is 30.9 Å². The molecule has 2 aromatic rings. The van der Waals surface area contributed by atoms with E-state index < -0.39 is 0 Å². The lowest BCUT2D eigenvalue weighted by Crippen LogP contribution is -2.38. The van der Waals surface area contributed by atoms with Gasteiger partial charge >= 0.3 is 0 Å². The Morgan fingerprint density at radius 3 is 2.95 bits per heavy atom. The molecule has 0 unspecified atom stereocenters. The summed E-state index contributed by atoms with van der Waals surface area (Å²) in [6.45, 7) is 3.96. The smallest absolute Gasteiger partial charge is 0.238 e. The average Bonchev–Trinajstić information content (AvgIpc) is 3.16. The molecule has 21 heavy (non-hydrogen) atoms. The van der Waals surface area contributed by atoms with Crippen LogP contribution in [0.4, 0.5) is 0 Å². The van der Waals surface area contributed by atoms with Crippen molar-refractivity contribution in [1.29, 1.82) is 0 Å². The van der Waals surface area contributed by atoms with Crippen molar-refractivity contribution in [2.45, 2.75) is 32.6 Å². The van der Waals surface area contributed by atoms with Crippen LogP contribution >= 0.6 is 0 Å². The Morgan fingerprint density at radius 2 is 2.24 bits per heavy atom. The standard InChI is InChI=1S/C15H19N3O3/c1-11-6-8-18(9-7-11)14(19)5-4-13-16-15(17-21-13)12-3-2-10-20-12/h2-3,10-11H,4-9H2,1H3. The van der Waals surface area contributed by atoms with E-state index in [2.05, 4.69) is 17.1 Å². The average molecular weight is 289 g/mol. The molecule has 112 valence electrons. The van der Waals surface area contributed by atoms with Crippen LogP contribution in [-0.2, 0) is 11.2 Å². The molecule has 1 aliphatic heterocycles. The van der Waals surface area contributed by atoms with Crippen molar-refractivity contribution in [3.63, 3.8) is 0 Å². The topological polar surface area (TPSA) is 72.4 Å². The predicted molar refractivity (Wildman–Crippen MR) is 75.3 cm³/mol. The molecule has 3 heterocycles. The number of carbonyl (C=O) groups excluding carboxylic acids is 1. The molecular formula is C15H19N3O3. The minimum atomic E-state index is 0.166. The van der Waals surface area contributed by atoms with Gasteiger partial charge in [-0.2, -0.15) is 4.98 Å². The Bertz CT molecular complexity index is 583. The van der Waals surface area contributed by atoms with Crippen LogP contribution < -0.4 is 0 Å². The number of likely N-dealkylation sites (tertiary alicyclic amines) is 1. The van der Waals surface area contributed by atoms with E-state index in [1.54, 1.807) is 18.4 Å². The fraction of sp³-hybridized carbons (Fsp3) is 0.533. The monoisotopic (exact) mass is 289 g/mol. The fourth-order valence-corrected chi connectivity index (χ4v) is 2.49. The SMILES string of the molecule is CC1CCN(C(=O)CCc2nc(-c3ccco3)no2)CC1. The van der Waals surface area contributed by atoms with Gasteiger partial charge in [-0.25, -0.2) is 0 Å². The number of nitrogens with zero attached hydrogens (tertiary/aromatic N) is 3. The molecule has 0 aromatic carbocycles. The third kappa shape index (κ3) is 3.32. The van der Waals surface area contributed by atoms with Crippen LogP contribution in [-0.4, -0.2) is 34.0 Å². The maximum Gasteiger partial charge on any atom is 0.238 e. The number of piperidine rings is 1.